The van der Waals surface area contributed by atoms with Gasteiger partial charge in [-0.1, -0.05) is 61.4 Å². The lowest BCUT2D eigenvalue weighted by Gasteiger charge is -2.27. The lowest BCUT2D eigenvalue weighted by atomic mass is 9.88. The van der Waals surface area contributed by atoms with E-state index in [-0.39, 0.29) is 5.91 Å². The van der Waals surface area contributed by atoms with Crippen molar-refractivity contribution in [2.45, 2.75) is 32.3 Å². The largest absolute Gasteiger partial charge is 0.455 e. The highest BCUT2D eigenvalue weighted by Gasteiger charge is 2.47. The summed E-state index contributed by atoms with van der Waals surface area (Å²) in [5.74, 6) is 0.205. The Morgan fingerprint density at radius 2 is 1.73 bits per heavy atom. The monoisotopic (exact) mass is 293 g/mol. The minimum absolute atomic E-state index is 0.211. The van der Waals surface area contributed by atoms with Gasteiger partial charge in [0.05, 0.1) is 0 Å². The second-order valence-electron chi connectivity index (χ2n) is 5.63. The molecule has 0 radical (unpaired) electrons. The third-order valence-electron chi connectivity index (χ3n) is 3.96. The van der Waals surface area contributed by atoms with E-state index >= 15 is 0 Å². The van der Waals surface area contributed by atoms with Gasteiger partial charge in [-0.15, -0.1) is 0 Å². The number of hydrogen-bond acceptors (Lipinski definition) is 2. The van der Waals surface area contributed by atoms with Crippen LogP contribution in [0.2, 0.25) is 0 Å². The molecule has 1 aliphatic rings. The first-order valence-corrected chi connectivity index (χ1v) is 7.60. The van der Waals surface area contributed by atoms with E-state index in [1.54, 1.807) is 0 Å². The zero-order valence-corrected chi connectivity index (χ0v) is 12.9. The van der Waals surface area contributed by atoms with Crippen LogP contribution < -0.4 is 0 Å². The molecule has 1 atom stereocenters. The smallest absolute Gasteiger partial charge is 0.297 e. The van der Waals surface area contributed by atoms with E-state index in [1.165, 1.54) is 0 Å². The summed E-state index contributed by atoms with van der Waals surface area (Å²) in [6.45, 7) is 4.08. The van der Waals surface area contributed by atoms with Crippen LogP contribution in [-0.2, 0) is 15.1 Å². The number of carbonyl (C=O) groups excluding carboxylic acids is 1. The van der Waals surface area contributed by atoms with Gasteiger partial charge in [-0.3, -0.25) is 4.79 Å². The van der Waals surface area contributed by atoms with Gasteiger partial charge in [0.2, 0.25) is 11.5 Å². The minimum Gasteiger partial charge on any atom is -0.455 e. The van der Waals surface area contributed by atoms with Crippen LogP contribution in [0.25, 0.3) is 0 Å². The molecule has 0 fully saturated rings. The minimum atomic E-state index is -0.979. The third-order valence-corrected chi connectivity index (χ3v) is 3.96. The molecule has 0 saturated heterocycles. The summed E-state index contributed by atoms with van der Waals surface area (Å²) in [5.41, 5.74) is 1.89. The molecule has 2 aromatic carbocycles. The molecule has 3 nitrogen and oxygen atoms in total. The van der Waals surface area contributed by atoms with Crippen LogP contribution in [-0.4, -0.2) is 11.8 Å². The van der Waals surface area contributed by atoms with Gasteiger partial charge in [0.1, 0.15) is 0 Å². The van der Waals surface area contributed by atoms with E-state index in [9.17, 15) is 4.79 Å². The average Bonchev–Trinajstić information content (AvgIpc) is 2.87. The van der Waals surface area contributed by atoms with Crippen molar-refractivity contribution in [3.63, 3.8) is 0 Å². The Balaban J connectivity index is 2.00. The molecule has 1 amide bonds. The average molecular weight is 293 g/mol. The fourth-order valence-electron chi connectivity index (χ4n) is 2.78. The van der Waals surface area contributed by atoms with Gasteiger partial charge in [0.25, 0.3) is 5.91 Å². The van der Waals surface area contributed by atoms with Crippen LogP contribution in [0.3, 0.4) is 0 Å². The van der Waals surface area contributed by atoms with Crippen LogP contribution >= 0.6 is 0 Å². The number of benzene rings is 2. The quantitative estimate of drug-likeness (QED) is 0.854. The Kier molecular flexibility index (Phi) is 3.80. The molecule has 112 valence electrons. The molecule has 0 saturated carbocycles. The van der Waals surface area contributed by atoms with Crippen LogP contribution in [0.5, 0.6) is 0 Å². The summed E-state index contributed by atoms with van der Waals surface area (Å²) in [7, 11) is 0. The summed E-state index contributed by atoms with van der Waals surface area (Å²) >= 11 is 0. The molecule has 22 heavy (non-hydrogen) atoms. The van der Waals surface area contributed by atoms with Crippen molar-refractivity contribution in [2.75, 3.05) is 0 Å². The molecule has 1 aliphatic heterocycles. The number of rotatable bonds is 4. The normalized spacial score (nSPS) is 20.6. The van der Waals surface area contributed by atoms with Crippen molar-refractivity contribution in [3.8, 4) is 0 Å². The lowest BCUT2D eigenvalue weighted by Crippen LogP contribution is -2.34. The number of aliphatic imine (C=N–C) groups is 1. The highest BCUT2D eigenvalue weighted by molar-refractivity contribution is 6.09. The Hall–Kier alpha value is -2.42. The van der Waals surface area contributed by atoms with Crippen LogP contribution in [0.4, 0.5) is 0 Å². The predicted molar refractivity (Wildman–Crippen MR) is 86.8 cm³/mol. The number of aryl methyl sites for hydroxylation is 1. The maximum atomic E-state index is 12.6. The molecule has 0 aromatic heterocycles. The number of carbonyl (C=O) groups is 1. The van der Waals surface area contributed by atoms with Crippen LogP contribution in [0.1, 0.15) is 36.5 Å². The fraction of sp³-hybridized carbons (Fsp3) is 0.263. The first kappa shape index (κ1) is 14.5. The standard InChI is InChI=1S/C19H19NO2/c1-3-13-19(16-11-9-14(2)10-12-16)18(21)20-17(22-19)15-7-5-4-6-8-15/h4-12H,3,13H2,1-2H3/t19-/m1/s1. The SMILES string of the molecule is CCC[C@]1(c2ccc(C)cc2)OC(c2ccccc2)=NC1=O. The summed E-state index contributed by atoms with van der Waals surface area (Å²) in [5, 5.41) is 0. The molecule has 0 unspecified atom stereocenters. The van der Waals surface area contributed by atoms with Gasteiger partial charge in [0.15, 0.2) is 0 Å². The number of ether oxygens (including phenoxy) is 1. The maximum Gasteiger partial charge on any atom is 0.297 e. The highest BCUT2D eigenvalue weighted by atomic mass is 16.5. The Labute approximate surface area is 130 Å². The van der Waals surface area contributed by atoms with Gasteiger partial charge >= 0.3 is 0 Å². The third kappa shape index (κ3) is 2.43. The van der Waals surface area contributed by atoms with E-state index in [4.69, 9.17) is 4.74 Å². The van der Waals surface area contributed by atoms with Crippen LogP contribution in [0, 0.1) is 6.92 Å². The molecule has 0 aliphatic carbocycles. The van der Waals surface area contributed by atoms with E-state index in [0.717, 1.165) is 23.1 Å². The molecule has 3 heteroatoms. The first-order valence-electron chi connectivity index (χ1n) is 7.60. The fourth-order valence-corrected chi connectivity index (χ4v) is 2.78. The molecule has 2 aromatic rings. The van der Waals surface area contributed by atoms with Gasteiger partial charge in [-0.2, -0.15) is 4.99 Å². The van der Waals surface area contributed by atoms with Crippen LogP contribution in [0.15, 0.2) is 59.6 Å². The van der Waals surface area contributed by atoms with E-state index < -0.39 is 5.60 Å². The topological polar surface area (TPSA) is 38.7 Å². The molecule has 0 N–H and O–H groups in total. The molecule has 3 rings (SSSR count). The van der Waals surface area contributed by atoms with Crippen molar-refractivity contribution in [3.05, 3.63) is 71.3 Å². The zero-order chi connectivity index (χ0) is 15.6. The molecule has 0 bridgehead atoms. The Morgan fingerprint density at radius 1 is 1.05 bits per heavy atom. The zero-order valence-electron chi connectivity index (χ0n) is 12.9. The Morgan fingerprint density at radius 3 is 2.36 bits per heavy atom. The summed E-state index contributed by atoms with van der Waals surface area (Å²) in [4.78, 5) is 16.8. The van der Waals surface area contributed by atoms with Gasteiger partial charge in [0, 0.05) is 17.5 Å². The molecule has 0 spiro atoms. The molecule has 1 heterocycles. The summed E-state index contributed by atoms with van der Waals surface area (Å²) < 4.78 is 6.11. The second kappa shape index (κ2) is 5.76. The summed E-state index contributed by atoms with van der Waals surface area (Å²) in [6, 6.07) is 17.5. The number of nitrogens with zero attached hydrogens (tertiary/aromatic N) is 1. The predicted octanol–water partition coefficient (Wildman–Crippen LogP) is 3.99. The van der Waals surface area contributed by atoms with Gasteiger partial charge in [-0.05, 0) is 19.1 Å². The molecular weight excluding hydrogens is 274 g/mol. The first-order chi connectivity index (χ1) is 10.7. The maximum absolute atomic E-state index is 12.6. The van der Waals surface area contributed by atoms with Crippen molar-refractivity contribution >= 4 is 11.8 Å². The van der Waals surface area contributed by atoms with E-state index in [1.807, 2.05) is 68.4 Å². The number of amides is 1. The second-order valence-corrected chi connectivity index (χ2v) is 5.63. The van der Waals surface area contributed by atoms with Gasteiger partial charge < -0.3 is 4.74 Å². The van der Waals surface area contributed by atoms with Crippen molar-refractivity contribution in [1.29, 1.82) is 0 Å². The van der Waals surface area contributed by atoms with Crippen molar-refractivity contribution in [1.82, 2.24) is 0 Å². The van der Waals surface area contributed by atoms with Crippen molar-refractivity contribution in [2.24, 2.45) is 4.99 Å². The van der Waals surface area contributed by atoms with E-state index in [2.05, 4.69) is 4.99 Å². The number of hydrogen-bond donors (Lipinski definition) is 0. The highest BCUT2D eigenvalue weighted by Crippen LogP contribution is 2.37. The molecular formula is C19H19NO2. The van der Waals surface area contributed by atoms with E-state index in [0.29, 0.717) is 12.3 Å². The summed E-state index contributed by atoms with van der Waals surface area (Å²) in [6.07, 6.45) is 1.46. The van der Waals surface area contributed by atoms with Gasteiger partial charge in [-0.25, -0.2) is 0 Å². The van der Waals surface area contributed by atoms with Crippen molar-refractivity contribution < 1.29 is 9.53 Å². The Bertz CT molecular complexity index is 704. The lowest BCUT2D eigenvalue weighted by molar-refractivity contribution is -0.132.